The summed E-state index contributed by atoms with van der Waals surface area (Å²) < 4.78 is 0. The molecule has 4 nitrogen and oxygen atoms in total. The summed E-state index contributed by atoms with van der Waals surface area (Å²) in [5.74, 6) is 0.578. The van der Waals surface area contributed by atoms with Gasteiger partial charge in [0.1, 0.15) is 0 Å². The van der Waals surface area contributed by atoms with E-state index in [1.165, 1.54) is 0 Å². The first-order valence-corrected chi connectivity index (χ1v) is 9.04. The van der Waals surface area contributed by atoms with E-state index in [4.69, 9.17) is 10.8 Å². The molecule has 1 atom stereocenters. The van der Waals surface area contributed by atoms with Crippen LogP contribution in [-0.4, -0.2) is 23.4 Å². The van der Waals surface area contributed by atoms with E-state index in [0.717, 1.165) is 49.8 Å². The molecular weight excluding hydrogens is 302 g/mol. The van der Waals surface area contributed by atoms with E-state index in [1.54, 1.807) is 0 Å². The van der Waals surface area contributed by atoms with Crippen LogP contribution >= 0.6 is 0 Å². The molecule has 0 heterocycles. The molecule has 1 aromatic carbocycles. The van der Waals surface area contributed by atoms with Gasteiger partial charge in [0, 0.05) is 17.9 Å². The number of carbonyl (C=O) groups is 2. The zero-order valence-electron chi connectivity index (χ0n) is 14.5. The van der Waals surface area contributed by atoms with Crippen molar-refractivity contribution in [3.8, 4) is 0 Å². The molecule has 1 aromatic rings. The van der Waals surface area contributed by atoms with Gasteiger partial charge < -0.3 is 10.8 Å². The number of hydrogen-bond donors (Lipinski definition) is 2. The first-order valence-electron chi connectivity index (χ1n) is 9.04. The normalized spacial score (nSPS) is 22.1. The molecule has 0 bridgehead atoms. The van der Waals surface area contributed by atoms with Gasteiger partial charge in [0.2, 0.25) is 0 Å². The van der Waals surface area contributed by atoms with Crippen molar-refractivity contribution in [3.05, 3.63) is 35.4 Å². The number of carbonyl (C=O) groups excluding carboxylic acids is 1. The van der Waals surface area contributed by atoms with Crippen LogP contribution in [0.2, 0.25) is 0 Å². The maximum atomic E-state index is 12.6. The van der Waals surface area contributed by atoms with Gasteiger partial charge in [-0.05, 0) is 62.5 Å². The van der Waals surface area contributed by atoms with Gasteiger partial charge in [-0.15, -0.1) is 0 Å². The predicted octanol–water partition coefficient (Wildman–Crippen LogP) is 3.68. The third-order valence-electron chi connectivity index (χ3n) is 5.22. The lowest BCUT2D eigenvalue weighted by Crippen LogP contribution is -2.25. The molecule has 1 saturated carbocycles. The van der Waals surface area contributed by atoms with Crippen LogP contribution in [0.25, 0.3) is 0 Å². The lowest BCUT2D eigenvalue weighted by atomic mass is 9.78. The number of carboxylic acid groups (broad SMARTS) is 1. The van der Waals surface area contributed by atoms with E-state index >= 15 is 0 Å². The lowest BCUT2D eigenvalue weighted by molar-refractivity contribution is -0.137. The van der Waals surface area contributed by atoms with Crippen molar-refractivity contribution < 1.29 is 14.7 Å². The molecule has 3 N–H and O–H groups in total. The number of benzene rings is 1. The number of Topliss-reactive ketones (excluding diaryl/α,β-unsaturated/α-hetero) is 1. The molecule has 0 aromatic heterocycles. The molecule has 0 radical (unpaired) electrons. The summed E-state index contributed by atoms with van der Waals surface area (Å²) in [4.78, 5) is 23.2. The van der Waals surface area contributed by atoms with Crippen molar-refractivity contribution in [3.63, 3.8) is 0 Å². The number of ketones is 1. The van der Waals surface area contributed by atoms with Crippen LogP contribution in [-0.2, 0) is 11.2 Å². The fourth-order valence-electron chi connectivity index (χ4n) is 3.58. The van der Waals surface area contributed by atoms with Crippen LogP contribution < -0.4 is 5.73 Å². The van der Waals surface area contributed by atoms with Crippen molar-refractivity contribution in [1.82, 2.24) is 0 Å². The van der Waals surface area contributed by atoms with Gasteiger partial charge >= 0.3 is 5.97 Å². The van der Waals surface area contributed by atoms with Gasteiger partial charge in [0.05, 0.1) is 0 Å². The van der Waals surface area contributed by atoms with E-state index in [1.807, 2.05) is 24.3 Å². The molecule has 1 aliphatic rings. The molecule has 0 spiro atoms. The van der Waals surface area contributed by atoms with Gasteiger partial charge in [-0.2, -0.15) is 0 Å². The zero-order valence-corrected chi connectivity index (χ0v) is 14.5. The summed E-state index contributed by atoms with van der Waals surface area (Å²) in [5, 5.41) is 8.74. The molecule has 0 saturated heterocycles. The molecule has 2 rings (SSSR count). The van der Waals surface area contributed by atoms with Crippen molar-refractivity contribution in [2.45, 2.75) is 51.9 Å². The number of aliphatic carboxylic acids is 1. The Morgan fingerprint density at radius 3 is 2.33 bits per heavy atom. The molecule has 132 valence electrons. The van der Waals surface area contributed by atoms with Gasteiger partial charge in [0.15, 0.2) is 5.78 Å². The lowest BCUT2D eigenvalue weighted by Gasteiger charge is -2.26. The Morgan fingerprint density at radius 1 is 1.17 bits per heavy atom. The van der Waals surface area contributed by atoms with Gasteiger partial charge in [-0.1, -0.05) is 31.2 Å². The summed E-state index contributed by atoms with van der Waals surface area (Å²) in [6.45, 7) is 2.80. The van der Waals surface area contributed by atoms with Crippen LogP contribution in [0.4, 0.5) is 0 Å². The smallest absolute Gasteiger partial charge is 0.303 e. The molecule has 1 fully saturated rings. The average molecular weight is 331 g/mol. The van der Waals surface area contributed by atoms with Crippen molar-refractivity contribution >= 4 is 11.8 Å². The number of hydrogen-bond acceptors (Lipinski definition) is 3. The topological polar surface area (TPSA) is 80.4 Å². The fraction of sp³-hybridized carbons (Fsp3) is 0.600. The molecule has 24 heavy (non-hydrogen) atoms. The molecular formula is C20H29NO3. The highest BCUT2D eigenvalue weighted by Gasteiger charge is 2.26. The second kappa shape index (κ2) is 8.97. The highest BCUT2D eigenvalue weighted by Crippen LogP contribution is 2.30. The Morgan fingerprint density at radius 2 is 1.79 bits per heavy atom. The van der Waals surface area contributed by atoms with E-state index < -0.39 is 5.97 Å². The summed E-state index contributed by atoms with van der Waals surface area (Å²) in [7, 11) is 0. The monoisotopic (exact) mass is 331 g/mol. The third-order valence-corrected chi connectivity index (χ3v) is 5.22. The largest absolute Gasteiger partial charge is 0.481 e. The van der Waals surface area contributed by atoms with Gasteiger partial charge in [0.25, 0.3) is 0 Å². The highest BCUT2D eigenvalue weighted by atomic mass is 16.4. The van der Waals surface area contributed by atoms with Crippen molar-refractivity contribution in [1.29, 1.82) is 0 Å². The maximum Gasteiger partial charge on any atom is 0.303 e. The van der Waals surface area contributed by atoms with Crippen molar-refractivity contribution in [2.24, 2.45) is 23.5 Å². The van der Waals surface area contributed by atoms with Gasteiger partial charge in [-0.25, -0.2) is 0 Å². The standard InChI is InChI=1S/C20H29NO3/c1-14(2-11-19(22)23)12-15-3-7-17(8-4-15)20(24)18-9-5-16(13-21)6-10-18/h3-4,7-8,14,16,18H,2,5-6,9-13,21H2,1H3,(H,22,23). The average Bonchev–Trinajstić information content (AvgIpc) is 2.60. The third kappa shape index (κ3) is 5.45. The Balaban J connectivity index is 1.87. The van der Waals surface area contributed by atoms with Gasteiger partial charge in [-0.3, -0.25) is 9.59 Å². The maximum absolute atomic E-state index is 12.6. The second-order valence-electron chi connectivity index (χ2n) is 7.26. The summed E-state index contributed by atoms with van der Waals surface area (Å²) in [5.41, 5.74) is 7.68. The van der Waals surface area contributed by atoms with Crippen LogP contribution in [0.1, 0.15) is 61.4 Å². The molecule has 1 aliphatic carbocycles. The van der Waals surface area contributed by atoms with Crippen LogP contribution in [0.15, 0.2) is 24.3 Å². The predicted molar refractivity (Wildman–Crippen MR) is 95.0 cm³/mol. The quantitative estimate of drug-likeness (QED) is 0.712. The highest BCUT2D eigenvalue weighted by molar-refractivity contribution is 5.97. The summed E-state index contributed by atoms with van der Waals surface area (Å²) >= 11 is 0. The second-order valence-corrected chi connectivity index (χ2v) is 7.26. The van der Waals surface area contributed by atoms with Crippen LogP contribution in [0, 0.1) is 17.8 Å². The SMILES string of the molecule is CC(CCC(=O)O)Cc1ccc(C(=O)C2CCC(CN)CC2)cc1. The first-order chi connectivity index (χ1) is 11.5. The molecule has 0 aliphatic heterocycles. The minimum atomic E-state index is -0.743. The minimum absolute atomic E-state index is 0.146. The molecule has 0 amide bonds. The minimum Gasteiger partial charge on any atom is -0.481 e. The number of nitrogens with two attached hydrogens (primary N) is 1. The van der Waals surface area contributed by atoms with E-state index in [-0.39, 0.29) is 18.1 Å². The molecule has 1 unspecified atom stereocenters. The Bertz CT molecular complexity index is 545. The number of carboxylic acids is 1. The summed E-state index contributed by atoms with van der Waals surface area (Å²) in [6, 6.07) is 7.87. The fourth-order valence-corrected chi connectivity index (χ4v) is 3.58. The van der Waals surface area contributed by atoms with Crippen LogP contribution in [0.5, 0.6) is 0 Å². The Kier molecular flexibility index (Phi) is 6.98. The molecule has 4 heteroatoms. The number of rotatable bonds is 8. The van der Waals surface area contributed by atoms with E-state index in [0.29, 0.717) is 18.3 Å². The first kappa shape index (κ1) is 18.7. The van der Waals surface area contributed by atoms with Crippen LogP contribution in [0.3, 0.4) is 0 Å². The van der Waals surface area contributed by atoms with E-state index in [2.05, 4.69) is 6.92 Å². The zero-order chi connectivity index (χ0) is 17.5. The Hall–Kier alpha value is -1.68. The van der Waals surface area contributed by atoms with Crippen molar-refractivity contribution in [2.75, 3.05) is 6.54 Å². The Labute approximate surface area is 144 Å². The van der Waals surface area contributed by atoms with E-state index in [9.17, 15) is 9.59 Å². The summed E-state index contributed by atoms with van der Waals surface area (Å²) in [6.07, 6.45) is 5.77.